The first-order valence-corrected chi connectivity index (χ1v) is 6.13. The standard InChI is InChI=1S/C6H13N.C4H6N2O2.C2H6/c1-2-7-5-3-4-6-7;1-8-2-4(7)6-3-5;1-2/h2-6H2,1H3;2H2,1H3,(H,6,7);1-2H3. The summed E-state index contributed by atoms with van der Waals surface area (Å²) in [6.45, 7) is 10.1. The molecule has 1 rings (SSSR count). The van der Waals surface area contributed by atoms with Crippen molar-refractivity contribution >= 4 is 5.91 Å². The fraction of sp³-hybridized carbons (Fsp3) is 0.833. The average molecular weight is 243 g/mol. The Bertz CT molecular complexity index is 208. The summed E-state index contributed by atoms with van der Waals surface area (Å²) >= 11 is 0. The first-order chi connectivity index (χ1) is 8.24. The van der Waals surface area contributed by atoms with Crippen LogP contribution in [0.2, 0.25) is 0 Å². The molecule has 1 saturated heterocycles. The van der Waals surface area contributed by atoms with Crippen molar-refractivity contribution in [3.8, 4) is 6.19 Å². The molecular weight excluding hydrogens is 218 g/mol. The van der Waals surface area contributed by atoms with Gasteiger partial charge < -0.3 is 9.64 Å². The minimum atomic E-state index is -0.421. The number of nitriles is 1. The van der Waals surface area contributed by atoms with E-state index >= 15 is 0 Å². The van der Waals surface area contributed by atoms with E-state index in [1.54, 1.807) is 0 Å². The number of methoxy groups -OCH3 is 1. The second-order valence-corrected chi connectivity index (χ2v) is 3.23. The van der Waals surface area contributed by atoms with Crippen molar-refractivity contribution in [2.45, 2.75) is 33.6 Å². The van der Waals surface area contributed by atoms with Gasteiger partial charge >= 0.3 is 0 Å². The van der Waals surface area contributed by atoms with Gasteiger partial charge in [0.25, 0.3) is 5.91 Å². The molecule has 17 heavy (non-hydrogen) atoms. The van der Waals surface area contributed by atoms with E-state index < -0.39 is 5.91 Å². The van der Waals surface area contributed by atoms with Crippen molar-refractivity contribution in [3.05, 3.63) is 0 Å². The van der Waals surface area contributed by atoms with Crippen molar-refractivity contribution in [1.82, 2.24) is 10.2 Å². The van der Waals surface area contributed by atoms with E-state index in [0.29, 0.717) is 0 Å². The molecule has 0 radical (unpaired) electrons. The zero-order valence-electron chi connectivity index (χ0n) is 11.5. The molecule has 0 aromatic rings. The molecule has 1 aliphatic rings. The number of nitrogens with zero attached hydrogens (tertiary/aromatic N) is 2. The van der Waals surface area contributed by atoms with Gasteiger partial charge in [-0.2, -0.15) is 5.26 Å². The molecule has 1 amide bonds. The highest BCUT2D eigenvalue weighted by Gasteiger charge is 2.06. The minimum Gasteiger partial charge on any atom is -0.375 e. The summed E-state index contributed by atoms with van der Waals surface area (Å²) in [5, 5.41) is 9.71. The van der Waals surface area contributed by atoms with Crippen LogP contribution in [0.25, 0.3) is 0 Å². The second kappa shape index (κ2) is 14.9. The van der Waals surface area contributed by atoms with Gasteiger partial charge in [0, 0.05) is 7.11 Å². The second-order valence-electron chi connectivity index (χ2n) is 3.23. The minimum absolute atomic E-state index is 0.0619. The van der Waals surface area contributed by atoms with Crippen LogP contribution in [0.5, 0.6) is 0 Å². The molecule has 0 aromatic heterocycles. The molecule has 0 saturated carbocycles. The lowest BCUT2D eigenvalue weighted by molar-refractivity contribution is -0.123. The summed E-state index contributed by atoms with van der Waals surface area (Å²) in [5.74, 6) is -0.421. The monoisotopic (exact) mass is 243 g/mol. The van der Waals surface area contributed by atoms with E-state index in [0.717, 1.165) is 0 Å². The van der Waals surface area contributed by atoms with Gasteiger partial charge in [-0.15, -0.1) is 0 Å². The van der Waals surface area contributed by atoms with Crippen LogP contribution in [-0.4, -0.2) is 44.2 Å². The molecule has 1 fully saturated rings. The van der Waals surface area contributed by atoms with E-state index in [9.17, 15) is 4.79 Å². The lowest BCUT2D eigenvalue weighted by Crippen LogP contribution is -2.21. The van der Waals surface area contributed by atoms with E-state index in [4.69, 9.17) is 5.26 Å². The van der Waals surface area contributed by atoms with Gasteiger partial charge in [0.2, 0.25) is 0 Å². The summed E-state index contributed by atoms with van der Waals surface area (Å²) in [5.41, 5.74) is 0. The van der Waals surface area contributed by atoms with Gasteiger partial charge in [-0.25, -0.2) is 0 Å². The quantitative estimate of drug-likeness (QED) is 0.600. The van der Waals surface area contributed by atoms with Gasteiger partial charge in [0.15, 0.2) is 6.19 Å². The molecule has 0 aliphatic carbocycles. The van der Waals surface area contributed by atoms with Crippen molar-refractivity contribution in [2.75, 3.05) is 33.4 Å². The Kier molecular flexibility index (Phi) is 16.0. The molecule has 0 aromatic carbocycles. The summed E-state index contributed by atoms with van der Waals surface area (Å²) in [7, 11) is 1.39. The zero-order valence-corrected chi connectivity index (χ0v) is 11.5. The number of likely N-dealkylation sites (tertiary alicyclic amines) is 1. The highest BCUT2D eigenvalue weighted by atomic mass is 16.5. The predicted octanol–water partition coefficient (Wildman–Crippen LogP) is 1.36. The smallest absolute Gasteiger partial charge is 0.258 e. The molecule has 0 unspecified atom stereocenters. The van der Waals surface area contributed by atoms with Crippen molar-refractivity contribution < 1.29 is 9.53 Å². The molecule has 1 heterocycles. The highest BCUT2D eigenvalue weighted by molar-refractivity contribution is 5.78. The number of nitrogens with one attached hydrogen (secondary N) is 1. The van der Waals surface area contributed by atoms with E-state index in [-0.39, 0.29) is 6.61 Å². The molecule has 5 heteroatoms. The van der Waals surface area contributed by atoms with Crippen LogP contribution in [0.15, 0.2) is 0 Å². The fourth-order valence-corrected chi connectivity index (χ4v) is 1.33. The van der Waals surface area contributed by atoms with E-state index in [2.05, 4.69) is 16.6 Å². The number of carbonyl (C=O) groups excluding carboxylic acids is 1. The number of rotatable bonds is 3. The summed E-state index contributed by atoms with van der Waals surface area (Å²) in [6.07, 6.45) is 4.32. The third kappa shape index (κ3) is 12.8. The number of hydrogen-bond donors (Lipinski definition) is 1. The first-order valence-electron chi connectivity index (χ1n) is 6.13. The van der Waals surface area contributed by atoms with Crippen LogP contribution in [0.1, 0.15) is 33.6 Å². The van der Waals surface area contributed by atoms with E-state index in [1.807, 2.05) is 19.2 Å². The first kappa shape index (κ1) is 18.3. The Balaban J connectivity index is 0. The Labute approximate surface area is 105 Å². The van der Waals surface area contributed by atoms with Crippen LogP contribution in [0.3, 0.4) is 0 Å². The highest BCUT2D eigenvalue weighted by Crippen LogP contribution is 2.04. The van der Waals surface area contributed by atoms with Gasteiger partial charge in [-0.1, -0.05) is 20.8 Å². The maximum absolute atomic E-state index is 10.2. The molecule has 1 aliphatic heterocycles. The number of amides is 1. The molecule has 1 N–H and O–H groups in total. The molecule has 5 nitrogen and oxygen atoms in total. The largest absolute Gasteiger partial charge is 0.375 e. The maximum atomic E-state index is 10.2. The van der Waals surface area contributed by atoms with Gasteiger partial charge in [-0.05, 0) is 32.5 Å². The Morgan fingerprint density at radius 1 is 1.41 bits per heavy atom. The van der Waals surface area contributed by atoms with Crippen LogP contribution in [-0.2, 0) is 9.53 Å². The third-order valence-electron chi connectivity index (χ3n) is 2.12. The van der Waals surface area contributed by atoms with Crippen LogP contribution >= 0.6 is 0 Å². The topological polar surface area (TPSA) is 65.4 Å². The Hall–Kier alpha value is -1.12. The van der Waals surface area contributed by atoms with Crippen LogP contribution < -0.4 is 5.32 Å². The number of hydrogen-bond acceptors (Lipinski definition) is 4. The van der Waals surface area contributed by atoms with Gasteiger partial charge in [0.05, 0.1) is 0 Å². The molecular formula is C12H25N3O2. The Morgan fingerprint density at radius 3 is 2.24 bits per heavy atom. The normalized spacial score (nSPS) is 13.6. The van der Waals surface area contributed by atoms with Crippen LogP contribution in [0, 0.1) is 11.5 Å². The number of ether oxygens (including phenoxy) is 1. The van der Waals surface area contributed by atoms with Crippen molar-refractivity contribution in [1.29, 1.82) is 5.26 Å². The summed E-state index contributed by atoms with van der Waals surface area (Å²) in [6, 6.07) is 0. The SMILES string of the molecule is CC.CCN1CCCC1.COCC(=O)NC#N. The summed E-state index contributed by atoms with van der Waals surface area (Å²) in [4.78, 5) is 12.7. The lowest BCUT2D eigenvalue weighted by atomic mass is 10.4. The van der Waals surface area contributed by atoms with Gasteiger partial charge in [-0.3, -0.25) is 10.1 Å². The average Bonchev–Trinajstić information content (AvgIpc) is 2.86. The Morgan fingerprint density at radius 2 is 1.94 bits per heavy atom. The third-order valence-corrected chi connectivity index (χ3v) is 2.12. The van der Waals surface area contributed by atoms with Gasteiger partial charge in [0.1, 0.15) is 6.61 Å². The molecule has 0 atom stereocenters. The van der Waals surface area contributed by atoms with E-state index in [1.165, 1.54) is 45.8 Å². The fourth-order valence-electron chi connectivity index (χ4n) is 1.33. The van der Waals surface area contributed by atoms with Crippen molar-refractivity contribution in [3.63, 3.8) is 0 Å². The molecule has 0 bridgehead atoms. The molecule has 0 spiro atoms. The van der Waals surface area contributed by atoms with Crippen molar-refractivity contribution in [2.24, 2.45) is 0 Å². The zero-order chi connectivity index (χ0) is 13.5. The maximum Gasteiger partial charge on any atom is 0.258 e. The number of carbonyl (C=O) groups is 1. The van der Waals surface area contributed by atoms with Crippen LogP contribution in [0.4, 0.5) is 0 Å². The lowest BCUT2D eigenvalue weighted by Gasteiger charge is -2.08. The predicted molar refractivity (Wildman–Crippen MR) is 68.3 cm³/mol. The molecule has 100 valence electrons. The summed E-state index contributed by atoms with van der Waals surface area (Å²) < 4.78 is 4.39.